The predicted molar refractivity (Wildman–Crippen MR) is 119 cm³/mol. The molecule has 1 spiro atoms. The van der Waals surface area contributed by atoms with Crippen LogP contribution in [0.3, 0.4) is 0 Å². The van der Waals surface area contributed by atoms with Gasteiger partial charge in [-0.25, -0.2) is 0 Å². The molecular weight excluding hydrogens is 376 g/mol. The summed E-state index contributed by atoms with van der Waals surface area (Å²) in [5.41, 5.74) is 3.56. The summed E-state index contributed by atoms with van der Waals surface area (Å²) in [7, 11) is 1.69. The van der Waals surface area contributed by atoms with Crippen LogP contribution in [-0.4, -0.2) is 49.7 Å². The molecule has 1 N–H and O–H groups in total. The van der Waals surface area contributed by atoms with Gasteiger partial charge in [-0.3, -0.25) is 4.79 Å². The van der Waals surface area contributed by atoms with Crippen LogP contribution in [0.1, 0.15) is 48.2 Å². The fourth-order valence-electron chi connectivity index (χ4n) is 4.43. The first kappa shape index (κ1) is 20.5. The van der Waals surface area contributed by atoms with Crippen LogP contribution in [0.2, 0.25) is 0 Å². The van der Waals surface area contributed by atoms with E-state index in [4.69, 9.17) is 9.47 Å². The maximum atomic E-state index is 12.7. The topological polar surface area (TPSA) is 50.8 Å². The largest absolute Gasteiger partial charge is 0.496 e. The zero-order chi connectivity index (χ0) is 21.1. The first-order valence-corrected chi connectivity index (χ1v) is 10.8. The van der Waals surface area contributed by atoms with E-state index in [9.17, 15) is 4.79 Å². The van der Waals surface area contributed by atoms with Crippen molar-refractivity contribution >= 4 is 11.5 Å². The van der Waals surface area contributed by atoms with E-state index in [0.29, 0.717) is 18.7 Å². The van der Waals surface area contributed by atoms with Crippen molar-refractivity contribution < 1.29 is 14.3 Å². The van der Waals surface area contributed by atoms with E-state index in [2.05, 4.69) is 11.4 Å². The van der Waals surface area contributed by atoms with Crippen molar-refractivity contribution in [2.75, 3.05) is 33.3 Å². The molecule has 5 nitrogen and oxygen atoms in total. The van der Waals surface area contributed by atoms with Gasteiger partial charge in [0, 0.05) is 31.5 Å². The predicted octanol–water partition coefficient (Wildman–Crippen LogP) is 4.12. The molecule has 0 unspecified atom stereocenters. The van der Waals surface area contributed by atoms with E-state index >= 15 is 0 Å². The lowest BCUT2D eigenvalue weighted by molar-refractivity contribution is 0.0772. The van der Waals surface area contributed by atoms with Crippen LogP contribution in [0.25, 0.3) is 5.57 Å². The molecule has 0 aliphatic carbocycles. The number of hydrogen-bond acceptors (Lipinski definition) is 4. The maximum absolute atomic E-state index is 12.7. The van der Waals surface area contributed by atoms with Gasteiger partial charge in [0.05, 0.1) is 12.7 Å². The molecule has 158 valence electrons. The molecule has 2 aliphatic rings. The third-order valence-corrected chi connectivity index (χ3v) is 6.14. The number of piperidine rings is 1. The quantitative estimate of drug-likeness (QED) is 0.811. The molecule has 0 atom stereocenters. The third kappa shape index (κ3) is 3.70. The molecule has 2 heterocycles. The molecule has 0 bridgehead atoms. The number of nitrogens with zero attached hydrogens (tertiary/aromatic N) is 1. The van der Waals surface area contributed by atoms with E-state index in [0.717, 1.165) is 54.1 Å². The fourth-order valence-corrected chi connectivity index (χ4v) is 4.43. The Morgan fingerprint density at radius 2 is 1.80 bits per heavy atom. The van der Waals surface area contributed by atoms with E-state index < -0.39 is 0 Å². The summed E-state index contributed by atoms with van der Waals surface area (Å²) in [6.45, 7) is 7.29. The van der Waals surface area contributed by atoms with Gasteiger partial charge < -0.3 is 19.7 Å². The maximum Gasteiger partial charge on any atom is 0.253 e. The van der Waals surface area contributed by atoms with Gasteiger partial charge in [-0.05, 0) is 68.4 Å². The van der Waals surface area contributed by atoms with E-state index in [1.54, 1.807) is 7.11 Å². The second-order valence-electron chi connectivity index (χ2n) is 7.86. The standard InChI is InChI=1S/C25H30N2O3/c1-4-27(5-2)24(28)19-11-9-18(10-12-19)20-17-25(13-15-26-16-14-25)30-22-8-6-7-21(29-3)23(20)22/h6-12,17,26H,4-5,13-16H2,1-3H3. The summed E-state index contributed by atoms with van der Waals surface area (Å²) in [4.78, 5) is 14.5. The Kier molecular flexibility index (Phi) is 5.82. The Morgan fingerprint density at radius 3 is 2.43 bits per heavy atom. The lowest BCUT2D eigenvalue weighted by atomic mass is 9.83. The average molecular weight is 407 g/mol. The number of fused-ring (bicyclic) bond motifs is 1. The average Bonchev–Trinajstić information content (AvgIpc) is 2.79. The zero-order valence-corrected chi connectivity index (χ0v) is 18.0. The number of carbonyl (C=O) groups excluding carboxylic acids is 1. The second-order valence-corrected chi connectivity index (χ2v) is 7.86. The molecule has 30 heavy (non-hydrogen) atoms. The molecule has 5 heteroatoms. The molecule has 0 aromatic heterocycles. The van der Waals surface area contributed by atoms with Gasteiger partial charge in [0.1, 0.15) is 17.1 Å². The number of hydrogen-bond donors (Lipinski definition) is 1. The van der Waals surface area contributed by atoms with Crippen LogP contribution in [0.5, 0.6) is 11.5 Å². The number of ether oxygens (including phenoxy) is 2. The normalized spacial score (nSPS) is 17.0. The number of methoxy groups -OCH3 is 1. The highest BCUT2D eigenvalue weighted by Crippen LogP contribution is 2.46. The minimum atomic E-state index is -0.310. The van der Waals surface area contributed by atoms with Gasteiger partial charge in [-0.2, -0.15) is 0 Å². The van der Waals surface area contributed by atoms with Crippen LogP contribution in [0.4, 0.5) is 0 Å². The van der Waals surface area contributed by atoms with E-state index in [1.807, 2.05) is 61.2 Å². The SMILES string of the molecule is CCN(CC)C(=O)c1ccc(C2=CC3(CCNCC3)Oc3cccc(OC)c32)cc1. The third-order valence-electron chi connectivity index (χ3n) is 6.14. The molecular formula is C25H30N2O3. The van der Waals surface area contributed by atoms with Crippen molar-refractivity contribution in [1.82, 2.24) is 10.2 Å². The van der Waals surface area contributed by atoms with Crippen molar-refractivity contribution in [1.29, 1.82) is 0 Å². The molecule has 1 fully saturated rings. The minimum Gasteiger partial charge on any atom is -0.496 e. The lowest BCUT2D eigenvalue weighted by Crippen LogP contribution is -2.46. The molecule has 2 aromatic carbocycles. The van der Waals surface area contributed by atoms with Gasteiger partial charge in [0.2, 0.25) is 0 Å². The molecule has 4 rings (SSSR count). The van der Waals surface area contributed by atoms with Crippen molar-refractivity contribution in [3.05, 3.63) is 65.2 Å². The Morgan fingerprint density at radius 1 is 1.10 bits per heavy atom. The monoisotopic (exact) mass is 406 g/mol. The highest BCUT2D eigenvalue weighted by molar-refractivity contribution is 5.95. The minimum absolute atomic E-state index is 0.0697. The summed E-state index contributed by atoms with van der Waals surface area (Å²) in [5, 5.41) is 3.42. The van der Waals surface area contributed by atoms with Gasteiger partial charge >= 0.3 is 0 Å². The first-order valence-electron chi connectivity index (χ1n) is 10.8. The van der Waals surface area contributed by atoms with Crippen LogP contribution in [-0.2, 0) is 0 Å². The van der Waals surface area contributed by atoms with Gasteiger partial charge in [0.15, 0.2) is 0 Å². The Labute approximate surface area is 178 Å². The van der Waals surface area contributed by atoms with Crippen LogP contribution in [0, 0.1) is 0 Å². The number of carbonyl (C=O) groups is 1. The molecule has 1 saturated heterocycles. The smallest absolute Gasteiger partial charge is 0.253 e. The first-order chi connectivity index (χ1) is 14.6. The second kappa shape index (κ2) is 8.52. The van der Waals surface area contributed by atoms with Gasteiger partial charge in [0.25, 0.3) is 5.91 Å². The van der Waals surface area contributed by atoms with Crippen LogP contribution < -0.4 is 14.8 Å². The molecule has 2 aromatic rings. The van der Waals surface area contributed by atoms with E-state index in [-0.39, 0.29) is 11.5 Å². The summed E-state index contributed by atoms with van der Waals surface area (Å²) < 4.78 is 12.2. The number of nitrogens with one attached hydrogen (secondary N) is 1. The van der Waals surface area contributed by atoms with Gasteiger partial charge in [-0.15, -0.1) is 0 Å². The van der Waals surface area contributed by atoms with Gasteiger partial charge in [-0.1, -0.05) is 18.2 Å². The van der Waals surface area contributed by atoms with E-state index in [1.165, 1.54) is 0 Å². The van der Waals surface area contributed by atoms with Crippen molar-refractivity contribution in [2.24, 2.45) is 0 Å². The van der Waals surface area contributed by atoms with Crippen molar-refractivity contribution in [3.8, 4) is 11.5 Å². The number of benzene rings is 2. The summed E-state index contributed by atoms with van der Waals surface area (Å²) in [6.07, 6.45) is 4.11. The summed E-state index contributed by atoms with van der Waals surface area (Å²) in [6, 6.07) is 13.9. The van der Waals surface area contributed by atoms with Crippen molar-refractivity contribution in [2.45, 2.75) is 32.3 Å². The molecule has 1 amide bonds. The summed E-state index contributed by atoms with van der Waals surface area (Å²) >= 11 is 0. The summed E-state index contributed by atoms with van der Waals surface area (Å²) in [5.74, 6) is 1.73. The Bertz CT molecular complexity index is 939. The van der Waals surface area contributed by atoms with Crippen LogP contribution in [0.15, 0.2) is 48.5 Å². The number of rotatable bonds is 5. The molecule has 2 aliphatic heterocycles. The number of amides is 1. The lowest BCUT2D eigenvalue weighted by Gasteiger charge is -2.40. The Hall–Kier alpha value is -2.79. The zero-order valence-electron chi connectivity index (χ0n) is 18.0. The van der Waals surface area contributed by atoms with Crippen LogP contribution >= 0.6 is 0 Å². The Balaban J connectivity index is 1.76. The molecule has 0 saturated carbocycles. The fraction of sp³-hybridized carbons (Fsp3) is 0.400. The van der Waals surface area contributed by atoms with Crippen molar-refractivity contribution in [3.63, 3.8) is 0 Å². The highest BCUT2D eigenvalue weighted by Gasteiger charge is 2.38. The molecule has 0 radical (unpaired) electrons. The highest BCUT2D eigenvalue weighted by atomic mass is 16.5.